The third-order valence-corrected chi connectivity index (χ3v) is 0.805. The quantitative estimate of drug-likeness (QED) is 0.426. The summed E-state index contributed by atoms with van der Waals surface area (Å²) in [6, 6.07) is 0. The molecule has 0 radical (unpaired) electrons. The summed E-state index contributed by atoms with van der Waals surface area (Å²) in [6.07, 6.45) is 6.37. The molecule has 0 fully saturated rings. The van der Waals surface area contributed by atoms with Crippen LogP contribution in [0.2, 0.25) is 0 Å². The lowest BCUT2D eigenvalue weighted by Gasteiger charge is -1.92. The molecule has 0 aromatic rings. The molecule has 0 unspecified atom stereocenters. The summed E-state index contributed by atoms with van der Waals surface area (Å²) in [7, 11) is 0. The fraction of sp³-hybridized carbons (Fsp3) is 0.500. The molecule has 0 N–H and O–H groups in total. The number of hydrogen-bond acceptors (Lipinski definition) is 0. The van der Waals surface area contributed by atoms with Crippen molar-refractivity contribution in [3.05, 3.63) is 38.0 Å². The first-order chi connectivity index (χ1) is 5.68. The highest BCUT2D eigenvalue weighted by atomic mass is 13.9. The standard InChI is InChI=1S/C6H12.C4H6.C2H6/c1-4-5-6(2)3;1-3-4-2;1-2/h4,6H,1,5H2,2-3H3;3-4H,1-2H2;1-2H3. The molecule has 0 saturated heterocycles. The zero-order chi connectivity index (χ0) is 10.4. The molecule has 12 heavy (non-hydrogen) atoms. The van der Waals surface area contributed by atoms with Crippen molar-refractivity contribution in [1.29, 1.82) is 0 Å². The number of allylic oxidation sites excluding steroid dienone is 3. The minimum absolute atomic E-state index is 0.780. The van der Waals surface area contributed by atoms with Gasteiger partial charge in [0.15, 0.2) is 0 Å². The molecule has 0 heteroatoms. The predicted molar refractivity (Wildman–Crippen MR) is 61.4 cm³/mol. The van der Waals surface area contributed by atoms with Crippen molar-refractivity contribution in [2.45, 2.75) is 34.1 Å². The fourth-order valence-electron chi connectivity index (χ4n) is 0.333. The van der Waals surface area contributed by atoms with Crippen molar-refractivity contribution < 1.29 is 0 Å². The van der Waals surface area contributed by atoms with Gasteiger partial charge in [0.05, 0.1) is 0 Å². The van der Waals surface area contributed by atoms with E-state index in [4.69, 9.17) is 0 Å². The second kappa shape index (κ2) is 22.5. The first-order valence-electron chi connectivity index (χ1n) is 4.53. The average molecular weight is 168 g/mol. The third kappa shape index (κ3) is 60.1. The Hall–Kier alpha value is -0.780. The lowest BCUT2D eigenvalue weighted by molar-refractivity contribution is 0.664. The first-order valence-corrected chi connectivity index (χ1v) is 4.53. The van der Waals surface area contributed by atoms with Crippen molar-refractivity contribution in [3.8, 4) is 0 Å². The van der Waals surface area contributed by atoms with Gasteiger partial charge in [0.1, 0.15) is 0 Å². The van der Waals surface area contributed by atoms with Gasteiger partial charge < -0.3 is 0 Å². The van der Waals surface area contributed by atoms with E-state index in [2.05, 4.69) is 33.6 Å². The lowest BCUT2D eigenvalue weighted by atomic mass is 10.1. The minimum atomic E-state index is 0.780. The van der Waals surface area contributed by atoms with Crippen LogP contribution >= 0.6 is 0 Å². The monoisotopic (exact) mass is 168 g/mol. The second-order valence-electron chi connectivity index (χ2n) is 2.39. The Balaban J connectivity index is -0.000000118. The van der Waals surface area contributed by atoms with Gasteiger partial charge in [-0.1, -0.05) is 59.1 Å². The molecule has 0 rings (SSSR count). The molecule has 0 aliphatic rings. The summed E-state index contributed by atoms with van der Waals surface area (Å²) in [5.41, 5.74) is 0. The zero-order valence-corrected chi connectivity index (χ0v) is 9.14. The molecule has 0 aromatic heterocycles. The van der Waals surface area contributed by atoms with Crippen LogP contribution in [0.3, 0.4) is 0 Å². The smallest absolute Gasteiger partial charge is 0.0330 e. The molecule has 0 saturated carbocycles. The molecule has 0 aliphatic heterocycles. The minimum Gasteiger partial charge on any atom is -0.103 e. The highest BCUT2D eigenvalue weighted by Crippen LogP contribution is 1.96. The Morgan fingerprint density at radius 3 is 1.33 bits per heavy atom. The maximum Gasteiger partial charge on any atom is -0.0330 e. The zero-order valence-electron chi connectivity index (χ0n) is 9.14. The molecule has 0 bridgehead atoms. The van der Waals surface area contributed by atoms with Crippen LogP contribution in [0.4, 0.5) is 0 Å². The summed E-state index contributed by atoms with van der Waals surface area (Å²) in [5, 5.41) is 0. The molecule has 0 aromatic carbocycles. The molecule has 72 valence electrons. The average Bonchev–Trinajstić information content (AvgIpc) is 2.08. The molecule has 0 spiro atoms. The SMILES string of the molecule is C=CC=C.C=CCC(C)C.CC. The van der Waals surface area contributed by atoms with Crippen LogP contribution in [-0.4, -0.2) is 0 Å². The summed E-state index contributed by atoms with van der Waals surface area (Å²) in [5.74, 6) is 0.780. The van der Waals surface area contributed by atoms with Gasteiger partial charge in [0.2, 0.25) is 0 Å². The Morgan fingerprint density at radius 1 is 1.00 bits per heavy atom. The molecule has 0 aliphatic carbocycles. The molecular weight excluding hydrogens is 144 g/mol. The van der Waals surface area contributed by atoms with Gasteiger partial charge in [0.25, 0.3) is 0 Å². The predicted octanol–water partition coefficient (Wildman–Crippen LogP) is 4.60. The number of hydrogen-bond donors (Lipinski definition) is 0. The van der Waals surface area contributed by atoms with Crippen LogP contribution in [0.25, 0.3) is 0 Å². The van der Waals surface area contributed by atoms with Crippen molar-refractivity contribution in [3.63, 3.8) is 0 Å². The Labute approximate surface area is 78.7 Å². The molecule has 0 nitrogen and oxygen atoms in total. The van der Waals surface area contributed by atoms with E-state index in [0.717, 1.165) is 12.3 Å². The highest BCUT2D eigenvalue weighted by Gasteiger charge is 1.82. The lowest BCUT2D eigenvalue weighted by Crippen LogP contribution is -1.78. The van der Waals surface area contributed by atoms with Crippen molar-refractivity contribution in [1.82, 2.24) is 0 Å². The van der Waals surface area contributed by atoms with Crippen LogP contribution in [0.1, 0.15) is 34.1 Å². The highest BCUT2D eigenvalue weighted by molar-refractivity contribution is 4.88. The van der Waals surface area contributed by atoms with E-state index in [9.17, 15) is 0 Å². The van der Waals surface area contributed by atoms with E-state index in [1.54, 1.807) is 12.2 Å². The van der Waals surface area contributed by atoms with Gasteiger partial charge in [-0.3, -0.25) is 0 Å². The van der Waals surface area contributed by atoms with E-state index >= 15 is 0 Å². The summed E-state index contributed by atoms with van der Waals surface area (Å²) >= 11 is 0. The Bertz CT molecular complexity index is 82.2. The Morgan fingerprint density at radius 2 is 1.33 bits per heavy atom. The normalized spacial score (nSPS) is 6.75. The van der Waals surface area contributed by atoms with Crippen LogP contribution in [0, 0.1) is 5.92 Å². The van der Waals surface area contributed by atoms with E-state index in [0.29, 0.717) is 0 Å². The molecule has 0 atom stereocenters. The van der Waals surface area contributed by atoms with Crippen LogP contribution in [-0.2, 0) is 0 Å². The fourth-order valence-corrected chi connectivity index (χ4v) is 0.333. The van der Waals surface area contributed by atoms with Crippen LogP contribution < -0.4 is 0 Å². The number of rotatable bonds is 3. The Kier molecular flexibility index (Phi) is 32.5. The largest absolute Gasteiger partial charge is 0.103 e. The third-order valence-electron chi connectivity index (χ3n) is 0.805. The van der Waals surface area contributed by atoms with E-state index < -0.39 is 0 Å². The topological polar surface area (TPSA) is 0 Å². The van der Waals surface area contributed by atoms with E-state index in [1.807, 2.05) is 19.9 Å². The van der Waals surface area contributed by atoms with Crippen LogP contribution in [0.15, 0.2) is 38.0 Å². The molecule has 0 amide bonds. The first kappa shape index (κ1) is 17.3. The summed E-state index contributed by atoms with van der Waals surface area (Å²) in [6.45, 7) is 18.7. The molecule has 0 heterocycles. The maximum absolute atomic E-state index is 3.60. The summed E-state index contributed by atoms with van der Waals surface area (Å²) < 4.78 is 0. The van der Waals surface area contributed by atoms with Crippen LogP contribution in [0.5, 0.6) is 0 Å². The van der Waals surface area contributed by atoms with Gasteiger partial charge in [0, 0.05) is 0 Å². The van der Waals surface area contributed by atoms with E-state index in [-0.39, 0.29) is 0 Å². The summed E-state index contributed by atoms with van der Waals surface area (Å²) in [4.78, 5) is 0. The van der Waals surface area contributed by atoms with Gasteiger partial charge in [-0.05, 0) is 12.3 Å². The maximum atomic E-state index is 3.60. The molecular formula is C12H24. The van der Waals surface area contributed by atoms with Crippen molar-refractivity contribution in [2.75, 3.05) is 0 Å². The van der Waals surface area contributed by atoms with Gasteiger partial charge >= 0.3 is 0 Å². The van der Waals surface area contributed by atoms with E-state index in [1.165, 1.54) is 0 Å². The van der Waals surface area contributed by atoms with Crippen molar-refractivity contribution in [2.24, 2.45) is 5.92 Å². The van der Waals surface area contributed by atoms with Crippen molar-refractivity contribution >= 4 is 0 Å². The van der Waals surface area contributed by atoms with Gasteiger partial charge in [-0.25, -0.2) is 0 Å². The van der Waals surface area contributed by atoms with Gasteiger partial charge in [-0.2, -0.15) is 0 Å². The second-order valence-corrected chi connectivity index (χ2v) is 2.39. The van der Waals surface area contributed by atoms with Gasteiger partial charge in [-0.15, -0.1) is 6.58 Å².